The maximum Gasteiger partial charge on any atom is 0.197 e. The number of rotatable bonds is 1. The molecule has 0 unspecified atom stereocenters. The minimum absolute atomic E-state index is 0.180. The molecule has 0 aliphatic rings. The van der Waals surface area contributed by atoms with Crippen LogP contribution in [-0.2, 0) is 0 Å². The Labute approximate surface area is 106 Å². The van der Waals surface area contributed by atoms with Gasteiger partial charge in [0.25, 0.3) is 0 Å². The topological polar surface area (TPSA) is 37.5 Å². The van der Waals surface area contributed by atoms with Crippen molar-refractivity contribution in [3.8, 4) is 17.3 Å². The highest BCUT2D eigenvalue weighted by molar-refractivity contribution is 9.10. The van der Waals surface area contributed by atoms with E-state index in [4.69, 9.17) is 0 Å². The number of halogens is 1. The van der Waals surface area contributed by atoms with E-state index in [9.17, 15) is 5.11 Å². The molecule has 3 rings (SSSR count). The normalized spacial score (nSPS) is 10.9. The molecule has 2 heterocycles. The molecule has 84 valence electrons. The predicted octanol–water partition coefficient (Wildman–Crippen LogP) is 3.47. The molecule has 1 aromatic carbocycles. The van der Waals surface area contributed by atoms with Crippen LogP contribution in [-0.4, -0.2) is 14.5 Å². The summed E-state index contributed by atoms with van der Waals surface area (Å²) in [7, 11) is 0. The molecule has 0 saturated carbocycles. The van der Waals surface area contributed by atoms with Crippen molar-refractivity contribution in [3.05, 3.63) is 53.1 Å². The monoisotopic (exact) mass is 288 g/mol. The molecule has 3 aromatic rings. The van der Waals surface area contributed by atoms with Crippen LogP contribution in [0.5, 0.6) is 5.88 Å². The first-order valence-corrected chi connectivity index (χ1v) is 5.98. The van der Waals surface area contributed by atoms with Crippen molar-refractivity contribution in [3.63, 3.8) is 0 Å². The van der Waals surface area contributed by atoms with Gasteiger partial charge in [-0.2, -0.15) is 0 Å². The van der Waals surface area contributed by atoms with E-state index in [1.54, 1.807) is 16.5 Å². The minimum Gasteiger partial charge on any atom is -0.494 e. The van der Waals surface area contributed by atoms with Crippen LogP contribution in [0.1, 0.15) is 0 Å². The highest BCUT2D eigenvalue weighted by Crippen LogP contribution is 2.29. The number of benzene rings is 1. The number of hydrogen-bond donors (Lipinski definition) is 1. The average molecular weight is 289 g/mol. The molecule has 2 aromatic heterocycles. The number of hydrogen-bond acceptors (Lipinski definition) is 2. The van der Waals surface area contributed by atoms with Crippen LogP contribution in [0.15, 0.2) is 53.1 Å². The SMILES string of the molecule is Oc1cccc2c(Br)nc(-c3ccccc3)n12. The van der Waals surface area contributed by atoms with Gasteiger partial charge in [-0.3, -0.25) is 4.40 Å². The summed E-state index contributed by atoms with van der Waals surface area (Å²) in [5.41, 5.74) is 1.82. The summed E-state index contributed by atoms with van der Waals surface area (Å²) in [5, 5.41) is 9.93. The number of aromatic nitrogens is 2. The van der Waals surface area contributed by atoms with Crippen molar-refractivity contribution >= 4 is 21.4 Å². The van der Waals surface area contributed by atoms with Gasteiger partial charge in [-0.05, 0) is 28.1 Å². The van der Waals surface area contributed by atoms with E-state index >= 15 is 0 Å². The fraction of sp³-hybridized carbons (Fsp3) is 0. The van der Waals surface area contributed by atoms with E-state index in [0.29, 0.717) is 0 Å². The summed E-state index contributed by atoms with van der Waals surface area (Å²) in [6, 6.07) is 15.1. The lowest BCUT2D eigenvalue weighted by Gasteiger charge is -2.03. The minimum atomic E-state index is 0.180. The van der Waals surface area contributed by atoms with Crippen molar-refractivity contribution in [2.45, 2.75) is 0 Å². The molecule has 3 nitrogen and oxygen atoms in total. The molecule has 0 aliphatic carbocycles. The Morgan fingerprint density at radius 1 is 1.00 bits per heavy atom. The third kappa shape index (κ3) is 1.61. The molecule has 0 fully saturated rings. The summed E-state index contributed by atoms with van der Waals surface area (Å²) in [6.45, 7) is 0. The molecule has 0 amide bonds. The van der Waals surface area contributed by atoms with Gasteiger partial charge in [0.2, 0.25) is 0 Å². The lowest BCUT2D eigenvalue weighted by atomic mass is 10.2. The van der Waals surface area contributed by atoms with E-state index in [0.717, 1.165) is 21.5 Å². The third-order valence-electron chi connectivity index (χ3n) is 2.63. The van der Waals surface area contributed by atoms with E-state index < -0.39 is 0 Å². The smallest absolute Gasteiger partial charge is 0.197 e. The van der Waals surface area contributed by atoms with Crippen LogP contribution in [0.25, 0.3) is 16.9 Å². The molecule has 0 saturated heterocycles. The second-order valence-electron chi connectivity index (χ2n) is 3.70. The predicted molar refractivity (Wildman–Crippen MR) is 70.0 cm³/mol. The first-order chi connectivity index (χ1) is 8.27. The van der Waals surface area contributed by atoms with Gasteiger partial charge in [-0.15, -0.1) is 0 Å². The summed E-state index contributed by atoms with van der Waals surface area (Å²) < 4.78 is 2.45. The molecule has 4 heteroatoms. The lowest BCUT2D eigenvalue weighted by molar-refractivity contribution is 0.447. The maximum absolute atomic E-state index is 9.93. The van der Waals surface area contributed by atoms with Gasteiger partial charge < -0.3 is 5.11 Å². The van der Waals surface area contributed by atoms with E-state index in [1.165, 1.54) is 0 Å². The number of aromatic hydroxyl groups is 1. The fourth-order valence-electron chi connectivity index (χ4n) is 1.86. The van der Waals surface area contributed by atoms with E-state index in [-0.39, 0.29) is 5.88 Å². The Balaban J connectivity index is 2.38. The van der Waals surface area contributed by atoms with Crippen molar-refractivity contribution in [1.29, 1.82) is 0 Å². The zero-order valence-corrected chi connectivity index (χ0v) is 10.4. The standard InChI is InChI=1S/C13H9BrN2O/c14-12-10-7-4-8-11(17)16(10)13(15-12)9-5-2-1-3-6-9/h1-8,17H. The van der Waals surface area contributed by atoms with Crippen molar-refractivity contribution in [2.75, 3.05) is 0 Å². The maximum atomic E-state index is 9.93. The Bertz CT molecular complexity index is 676. The Morgan fingerprint density at radius 2 is 1.76 bits per heavy atom. The summed E-state index contributed by atoms with van der Waals surface area (Å²) >= 11 is 3.41. The van der Waals surface area contributed by atoms with E-state index in [2.05, 4.69) is 20.9 Å². The highest BCUT2D eigenvalue weighted by atomic mass is 79.9. The molecule has 1 N–H and O–H groups in total. The fourth-order valence-corrected chi connectivity index (χ4v) is 2.34. The quantitative estimate of drug-likeness (QED) is 0.744. The van der Waals surface area contributed by atoms with Crippen LogP contribution in [0, 0.1) is 0 Å². The molecular weight excluding hydrogens is 280 g/mol. The molecule has 0 aliphatic heterocycles. The highest BCUT2D eigenvalue weighted by Gasteiger charge is 2.12. The Kier molecular flexibility index (Phi) is 2.37. The Morgan fingerprint density at radius 3 is 2.53 bits per heavy atom. The molecule has 0 bridgehead atoms. The van der Waals surface area contributed by atoms with Gasteiger partial charge in [0.1, 0.15) is 10.4 Å². The molecule has 17 heavy (non-hydrogen) atoms. The number of fused-ring (bicyclic) bond motifs is 1. The second kappa shape index (κ2) is 3.89. The average Bonchev–Trinajstić information content (AvgIpc) is 2.70. The summed E-state index contributed by atoms with van der Waals surface area (Å²) in [5.74, 6) is 0.908. The number of imidazole rings is 1. The van der Waals surface area contributed by atoms with Gasteiger partial charge in [0.05, 0.1) is 5.52 Å². The Hall–Kier alpha value is -1.81. The number of pyridine rings is 1. The first-order valence-electron chi connectivity index (χ1n) is 5.19. The molecule has 0 radical (unpaired) electrons. The van der Waals surface area contributed by atoms with Crippen LogP contribution >= 0.6 is 15.9 Å². The molecular formula is C13H9BrN2O. The third-order valence-corrected chi connectivity index (χ3v) is 3.21. The van der Waals surface area contributed by atoms with Crippen LogP contribution < -0.4 is 0 Å². The number of nitrogens with zero attached hydrogens (tertiary/aromatic N) is 2. The van der Waals surface area contributed by atoms with Gasteiger partial charge in [-0.25, -0.2) is 4.98 Å². The lowest BCUT2D eigenvalue weighted by Crippen LogP contribution is -1.89. The van der Waals surface area contributed by atoms with Crippen molar-refractivity contribution in [2.24, 2.45) is 0 Å². The van der Waals surface area contributed by atoms with Crippen LogP contribution in [0.2, 0.25) is 0 Å². The van der Waals surface area contributed by atoms with Gasteiger partial charge in [0.15, 0.2) is 5.88 Å². The molecule has 0 spiro atoms. The zero-order chi connectivity index (χ0) is 11.8. The van der Waals surface area contributed by atoms with Gasteiger partial charge in [-0.1, -0.05) is 36.4 Å². The van der Waals surface area contributed by atoms with Gasteiger partial charge >= 0.3 is 0 Å². The van der Waals surface area contributed by atoms with Crippen molar-refractivity contribution < 1.29 is 5.11 Å². The second-order valence-corrected chi connectivity index (χ2v) is 4.45. The zero-order valence-electron chi connectivity index (χ0n) is 8.84. The van der Waals surface area contributed by atoms with E-state index in [1.807, 2.05) is 36.4 Å². The summed E-state index contributed by atoms with van der Waals surface area (Å²) in [4.78, 5) is 4.44. The van der Waals surface area contributed by atoms with Gasteiger partial charge in [0, 0.05) is 5.56 Å². The van der Waals surface area contributed by atoms with Crippen LogP contribution in [0.4, 0.5) is 0 Å². The van der Waals surface area contributed by atoms with Crippen LogP contribution in [0.3, 0.4) is 0 Å². The summed E-state index contributed by atoms with van der Waals surface area (Å²) in [6.07, 6.45) is 0. The largest absolute Gasteiger partial charge is 0.494 e. The van der Waals surface area contributed by atoms with Crippen molar-refractivity contribution in [1.82, 2.24) is 9.38 Å². The molecule has 0 atom stereocenters. The first kappa shape index (κ1) is 10.4.